The molecule has 4 rings (SSSR count). The van der Waals surface area contributed by atoms with Crippen LogP contribution in [0.3, 0.4) is 0 Å². The number of Topliss-reactive ketones (excluding diaryl/α,β-unsaturated/α-hetero) is 1. The molecule has 2 aromatic rings. The van der Waals surface area contributed by atoms with Crippen molar-refractivity contribution < 1.29 is 19.4 Å². The van der Waals surface area contributed by atoms with Crippen LogP contribution >= 0.6 is 0 Å². The van der Waals surface area contributed by atoms with E-state index >= 15 is 0 Å². The summed E-state index contributed by atoms with van der Waals surface area (Å²) in [6.45, 7) is 20.5. The van der Waals surface area contributed by atoms with Crippen LogP contribution in [-0.4, -0.2) is 75.9 Å². The number of rotatable bonds is 4. The van der Waals surface area contributed by atoms with Gasteiger partial charge in [0.25, 0.3) is 0 Å². The average Bonchev–Trinajstić information content (AvgIpc) is 3.16. The van der Waals surface area contributed by atoms with E-state index in [9.17, 15) is 14.7 Å². The SMILES string of the molecule is CC(C)(C)OC(=O)N1CCN(c2ccc3c(n2)C(=N)N(CC(=O)c2cc(C(C)(C)C)c(O)c(C(C)(C)C)c2)C3)CC1. The van der Waals surface area contributed by atoms with Gasteiger partial charge in [-0.05, 0) is 49.8 Å². The van der Waals surface area contributed by atoms with Gasteiger partial charge in [0.2, 0.25) is 0 Å². The first-order valence-corrected chi connectivity index (χ1v) is 14.3. The van der Waals surface area contributed by atoms with Crippen molar-refractivity contribution in [3.8, 4) is 5.75 Å². The number of amides is 1. The van der Waals surface area contributed by atoms with Crippen molar-refractivity contribution in [2.24, 2.45) is 0 Å². The number of fused-ring (bicyclic) bond motifs is 1. The fourth-order valence-electron chi connectivity index (χ4n) is 5.20. The molecule has 0 aliphatic carbocycles. The van der Waals surface area contributed by atoms with Gasteiger partial charge in [0.15, 0.2) is 5.78 Å². The number of pyridine rings is 1. The maximum atomic E-state index is 13.6. The lowest BCUT2D eigenvalue weighted by atomic mass is 9.78. The van der Waals surface area contributed by atoms with Crippen molar-refractivity contribution in [2.45, 2.75) is 85.3 Å². The number of aromatic hydroxyl groups is 1. The van der Waals surface area contributed by atoms with Crippen LogP contribution in [0.5, 0.6) is 5.75 Å². The molecule has 2 aliphatic rings. The van der Waals surface area contributed by atoms with Crippen molar-refractivity contribution in [1.82, 2.24) is 14.8 Å². The zero-order chi connectivity index (χ0) is 30.5. The Kier molecular flexibility index (Phi) is 7.88. The molecule has 0 unspecified atom stereocenters. The van der Waals surface area contributed by atoms with E-state index in [0.717, 1.165) is 22.5 Å². The summed E-state index contributed by atoms with van der Waals surface area (Å²) in [5.74, 6) is 1.13. The number of phenols is 1. The second-order valence-electron chi connectivity index (χ2n) is 14.2. The van der Waals surface area contributed by atoms with E-state index in [-0.39, 0.29) is 40.8 Å². The van der Waals surface area contributed by atoms with Gasteiger partial charge in [-0.3, -0.25) is 10.2 Å². The Bertz CT molecular complexity index is 1320. The lowest BCUT2D eigenvalue weighted by molar-refractivity contribution is 0.0240. The minimum Gasteiger partial charge on any atom is -0.507 e. The van der Waals surface area contributed by atoms with Gasteiger partial charge in [0.05, 0.1) is 6.54 Å². The number of ether oxygens (including phenoxy) is 1. The molecule has 2 N–H and O–H groups in total. The quantitative estimate of drug-likeness (QED) is 0.475. The summed E-state index contributed by atoms with van der Waals surface area (Å²) in [6, 6.07) is 7.53. The molecule has 1 fully saturated rings. The smallest absolute Gasteiger partial charge is 0.410 e. The summed E-state index contributed by atoms with van der Waals surface area (Å²) in [7, 11) is 0. The number of benzene rings is 1. The van der Waals surface area contributed by atoms with E-state index in [1.807, 2.05) is 74.4 Å². The minimum absolute atomic E-state index is 0.0526. The van der Waals surface area contributed by atoms with E-state index in [4.69, 9.17) is 15.1 Å². The second-order valence-corrected chi connectivity index (χ2v) is 14.2. The number of anilines is 1. The number of aromatic nitrogens is 1. The zero-order valence-corrected chi connectivity index (χ0v) is 26.0. The third-order valence-corrected chi connectivity index (χ3v) is 7.50. The number of hydrogen-bond donors (Lipinski definition) is 2. The molecule has 1 saturated heterocycles. The number of carbonyl (C=O) groups is 2. The van der Waals surface area contributed by atoms with Crippen LogP contribution in [0, 0.1) is 5.41 Å². The van der Waals surface area contributed by atoms with Crippen LogP contribution in [0.1, 0.15) is 95.1 Å². The van der Waals surface area contributed by atoms with Gasteiger partial charge < -0.3 is 24.5 Å². The Morgan fingerprint density at radius 2 is 1.49 bits per heavy atom. The Morgan fingerprint density at radius 3 is 2.00 bits per heavy atom. The molecule has 2 aliphatic heterocycles. The molecule has 1 amide bonds. The number of nitrogens with one attached hydrogen (secondary N) is 1. The van der Waals surface area contributed by atoms with Gasteiger partial charge in [-0.15, -0.1) is 0 Å². The van der Waals surface area contributed by atoms with Crippen molar-refractivity contribution in [2.75, 3.05) is 37.6 Å². The van der Waals surface area contributed by atoms with Crippen LogP contribution in [0.2, 0.25) is 0 Å². The minimum atomic E-state index is -0.532. The van der Waals surface area contributed by atoms with E-state index in [1.54, 1.807) is 21.9 Å². The fraction of sp³-hybridized carbons (Fsp3) is 0.562. The molecule has 0 radical (unpaired) electrons. The van der Waals surface area contributed by atoms with E-state index < -0.39 is 5.60 Å². The van der Waals surface area contributed by atoms with Crippen LogP contribution in [0.15, 0.2) is 24.3 Å². The van der Waals surface area contributed by atoms with Crippen molar-refractivity contribution in [3.63, 3.8) is 0 Å². The van der Waals surface area contributed by atoms with Crippen LogP contribution in [0.4, 0.5) is 10.6 Å². The number of nitrogens with zero attached hydrogens (tertiary/aromatic N) is 4. The standard InChI is InChI=1S/C32H45N5O4/c1-30(2,3)22-16-21(17-23(27(22)39)31(4,5)6)24(38)19-37-18-20-10-11-25(34-26(20)28(37)33)35-12-14-36(15-13-35)29(40)41-32(7,8)9/h10-11,16-17,33,39H,12-15,18-19H2,1-9H3. The van der Waals surface area contributed by atoms with Crippen molar-refractivity contribution in [1.29, 1.82) is 5.41 Å². The van der Waals surface area contributed by atoms with Crippen LogP contribution < -0.4 is 4.90 Å². The highest BCUT2D eigenvalue weighted by Crippen LogP contribution is 2.40. The zero-order valence-electron chi connectivity index (χ0n) is 26.0. The normalized spacial score (nSPS) is 16.2. The molecule has 1 aromatic heterocycles. The summed E-state index contributed by atoms with van der Waals surface area (Å²) in [6.07, 6.45) is -0.306. The molecular weight excluding hydrogens is 518 g/mol. The largest absolute Gasteiger partial charge is 0.507 e. The van der Waals surface area contributed by atoms with Crippen molar-refractivity contribution >= 4 is 23.5 Å². The summed E-state index contributed by atoms with van der Waals surface area (Å²) in [5, 5.41) is 19.9. The van der Waals surface area contributed by atoms with Gasteiger partial charge in [0.1, 0.15) is 28.7 Å². The first-order chi connectivity index (χ1) is 18.8. The Balaban J connectivity index is 1.47. The molecule has 0 spiro atoms. The van der Waals surface area contributed by atoms with E-state index in [1.165, 1.54) is 0 Å². The maximum absolute atomic E-state index is 13.6. The average molecular weight is 564 g/mol. The molecule has 0 bridgehead atoms. The molecule has 3 heterocycles. The van der Waals surface area contributed by atoms with Gasteiger partial charge in [-0.1, -0.05) is 47.6 Å². The topological polar surface area (TPSA) is 110 Å². The predicted octanol–water partition coefficient (Wildman–Crippen LogP) is 5.46. The highest BCUT2D eigenvalue weighted by molar-refractivity contribution is 6.04. The molecular formula is C32H45N5O4. The number of piperazine rings is 1. The molecule has 41 heavy (non-hydrogen) atoms. The second kappa shape index (κ2) is 10.7. The summed E-state index contributed by atoms with van der Waals surface area (Å²) in [4.78, 5) is 36.4. The van der Waals surface area contributed by atoms with Crippen LogP contribution in [0.25, 0.3) is 0 Å². The molecule has 0 atom stereocenters. The lowest BCUT2D eigenvalue weighted by Crippen LogP contribution is -2.50. The van der Waals surface area contributed by atoms with Crippen LogP contribution in [-0.2, 0) is 22.1 Å². The van der Waals surface area contributed by atoms with Gasteiger partial charge in [0, 0.05) is 55.0 Å². The van der Waals surface area contributed by atoms with E-state index in [2.05, 4.69) is 4.90 Å². The van der Waals surface area contributed by atoms with Gasteiger partial charge in [-0.2, -0.15) is 0 Å². The number of ketones is 1. The highest BCUT2D eigenvalue weighted by atomic mass is 16.6. The summed E-state index contributed by atoms with van der Waals surface area (Å²) >= 11 is 0. The molecule has 0 saturated carbocycles. The van der Waals surface area contributed by atoms with Gasteiger partial charge in [-0.25, -0.2) is 9.78 Å². The third kappa shape index (κ3) is 6.66. The number of amidine groups is 1. The van der Waals surface area contributed by atoms with Crippen molar-refractivity contribution in [3.05, 3.63) is 52.2 Å². The highest BCUT2D eigenvalue weighted by Gasteiger charge is 2.32. The molecule has 9 nitrogen and oxygen atoms in total. The summed E-state index contributed by atoms with van der Waals surface area (Å²) in [5.41, 5.74) is 2.31. The predicted molar refractivity (Wildman–Crippen MR) is 161 cm³/mol. The first kappa shape index (κ1) is 30.3. The summed E-state index contributed by atoms with van der Waals surface area (Å²) < 4.78 is 5.50. The third-order valence-electron chi connectivity index (χ3n) is 7.50. The van der Waals surface area contributed by atoms with Gasteiger partial charge >= 0.3 is 6.09 Å². The molecule has 9 heteroatoms. The molecule has 222 valence electrons. The number of hydrogen-bond acceptors (Lipinski definition) is 7. The number of phenolic OH excluding ortho intramolecular Hbond substituents is 1. The monoisotopic (exact) mass is 563 g/mol. The van der Waals surface area contributed by atoms with E-state index in [0.29, 0.717) is 44.0 Å². The Hall–Kier alpha value is -3.62. The number of carbonyl (C=O) groups excluding carboxylic acids is 2. The Morgan fingerprint density at radius 1 is 0.927 bits per heavy atom. The fourth-order valence-corrected chi connectivity index (χ4v) is 5.20. The Labute approximate surface area is 244 Å². The first-order valence-electron chi connectivity index (χ1n) is 14.3. The maximum Gasteiger partial charge on any atom is 0.410 e. The lowest BCUT2D eigenvalue weighted by Gasteiger charge is -2.36. The molecule has 1 aromatic carbocycles.